The van der Waals surface area contributed by atoms with Crippen molar-refractivity contribution in [3.8, 4) is 28.0 Å². The first-order chi connectivity index (χ1) is 17.6. The number of carbonyl (C=O) groups is 1. The molecule has 0 unspecified atom stereocenters. The zero-order chi connectivity index (χ0) is 24.9. The van der Waals surface area contributed by atoms with Crippen LogP contribution in [0.3, 0.4) is 0 Å². The predicted octanol–water partition coefficient (Wildman–Crippen LogP) is 6.88. The van der Waals surface area contributed by atoms with Gasteiger partial charge in [0.1, 0.15) is 17.9 Å². The fourth-order valence-corrected chi connectivity index (χ4v) is 4.07. The molecule has 1 heterocycles. The predicted molar refractivity (Wildman–Crippen MR) is 140 cm³/mol. The molecule has 0 radical (unpaired) electrons. The molecule has 5 aromatic rings. The summed E-state index contributed by atoms with van der Waals surface area (Å²) in [4.78, 5) is 26.4. The van der Waals surface area contributed by atoms with Crippen LogP contribution in [-0.2, 0) is 11.3 Å². The van der Waals surface area contributed by atoms with E-state index >= 15 is 0 Å². The van der Waals surface area contributed by atoms with E-state index in [9.17, 15) is 9.59 Å². The number of ether oxygens (including phenoxy) is 2. The normalized spacial score (nSPS) is 10.8. The van der Waals surface area contributed by atoms with Gasteiger partial charge < -0.3 is 13.9 Å². The Balaban J connectivity index is 1.55. The maximum absolute atomic E-state index is 13.6. The summed E-state index contributed by atoms with van der Waals surface area (Å²) >= 11 is 0. The Hall–Kier alpha value is -4.64. The van der Waals surface area contributed by atoms with Gasteiger partial charge in [-0.15, -0.1) is 0 Å². The number of rotatable bonds is 7. The Labute approximate surface area is 208 Å². The van der Waals surface area contributed by atoms with Crippen molar-refractivity contribution in [1.29, 1.82) is 0 Å². The molecule has 36 heavy (non-hydrogen) atoms. The van der Waals surface area contributed by atoms with E-state index in [1.54, 1.807) is 25.1 Å². The number of hydrogen-bond donors (Lipinski definition) is 0. The van der Waals surface area contributed by atoms with Gasteiger partial charge in [-0.25, -0.2) is 4.79 Å². The molecule has 0 atom stereocenters. The number of esters is 1. The van der Waals surface area contributed by atoms with Gasteiger partial charge in [0.05, 0.1) is 17.6 Å². The Morgan fingerprint density at radius 2 is 1.42 bits per heavy atom. The van der Waals surface area contributed by atoms with Gasteiger partial charge in [-0.2, -0.15) is 0 Å². The molecule has 0 aliphatic heterocycles. The molecule has 0 bridgehead atoms. The minimum absolute atomic E-state index is 0.123. The molecular formula is C31H24O5. The van der Waals surface area contributed by atoms with Crippen LogP contribution in [0.5, 0.6) is 5.75 Å². The third-order valence-electron chi connectivity index (χ3n) is 5.85. The van der Waals surface area contributed by atoms with Crippen LogP contribution in [-0.4, -0.2) is 12.6 Å². The van der Waals surface area contributed by atoms with E-state index < -0.39 is 5.97 Å². The lowest BCUT2D eigenvalue weighted by Crippen LogP contribution is -2.15. The van der Waals surface area contributed by atoms with Crippen LogP contribution in [0.4, 0.5) is 0 Å². The van der Waals surface area contributed by atoms with Gasteiger partial charge in [-0.3, -0.25) is 4.79 Å². The topological polar surface area (TPSA) is 65.7 Å². The Morgan fingerprint density at radius 1 is 0.778 bits per heavy atom. The van der Waals surface area contributed by atoms with Crippen molar-refractivity contribution in [3.05, 3.63) is 125 Å². The number of carbonyl (C=O) groups excluding carboxylic acids is 1. The van der Waals surface area contributed by atoms with Gasteiger partial charge >= 0.3 is 5.97 Å². The van der Waals surface area contributed by atoms with Crippen LogP contribution in [0.1, 0.15) is 23.0 Å². The lowest BCUT2D eigenvalue weighted by molar-refractivity contribution is 0.0492. The molecule has 0 amide bonds. The van der Waals surface area contributed by atoms with E-state index in [1.165, 1.54) is 0 Å². The fourth-order valence-electron chi connectivity index (χ4n) is 4.07. The van der Waals surface area contributed by atoms with E-state index in [1.807, 2.05) is 84.9 Å². The summed E-state index contributed by atoms with van der Waals surface area (Å²) in [6, 6.07) is 32.2. The van der Waals surface area contributed by atoms with E-state index in [-0.39, 0.29) is 28.9 Å². The van der Waals surface area contributed by atoms with Crippen LogP contribution in [0.25, 0.3) is 33.2 Å². The molecule has 0 spiro atoms. The molecule has 0 saturated heterocycles. The maximum atomic E-state index is 13.6. The Morgan fingerprint density at radius 3 is 2.11 bits per heavy atom. The van der Waals surface area contributed by atoms with Crippen LogP contribution in [0.2, 0.25) is 0 Å². The summed E-state index contributed by atoms with van der Waals surface area (Å²) in [6.07, 6.45) is 0. The average Bonchev–Trinajstić information content (AvgIpc) is 2.93. The molecule has 0 aliphatic rings. The van der Waals surface area contributed by atoms with Crippen molar-refractivity contribution in [1.82, 2.24) is 0 Å². The zero-order valence-electron chi connectivity index (χ0n) is 19.8. The molecule has 0 N–H and O–H groups in total. The number of hydrogen-bond acceptors (Lipinski definition) is 5. The van der Waals surface area contributed by atoms with E-state index in [0.29, 0.717) is 23.3 Å². The fraction of sp³-hybridized carbons (Fsp3) is 0.0968. The molecule has 5 heteroatoms. The lowest BCUT2D eigenvalue weighted by Gasteiger charge is -2.12. The van der Waals surface area contributed by atoms with E-state index in [2.05, 4.69) is 0 Å². The summed E-state index contributed by atoms with van der Waals surface area (Å²) in [5.41, 5.74) is 3.79. The number of benzene rings is 4. The molecule has 0 fully saturated rings. The third-order valence-corrected chi connectivity index (χ3v) is 5.85. The second kappa shape index (κ2) is 10.3. The summed E-state index contributed by atoms with van der Waals surface area (Å²) in [5.74, 6) is -0.277. The van der Waals surface area contributed by atoms with Crippen LogP contribution < -0.4 is 10.2 Å². The van der Waals surface area contributed by atoms with Gasteiger partial charge in [0, 0.05) is 6.07 Å². The minimum Gasteiger partial charge on any atom is -0.489 e. The van der Waals surface area contributed by atoms with Crippen molar-refractivity contribution in [3.63, 3.8) is 0 Å². The molecule has 5 rings (SSSR count). The average molecular weight is 477 g/mol. The van der Waals surface area contributed by atoms with Crippen molar-refractivity contribution in [2.75, 3.05) is 6.61 Å². The molecular weight excluding hydrogens is 452 g/mol. The summed E-state index contributed by atoms with van der Waals surface area (Å²) in [6.45, 7) is 2.24. The largest absolute Gasteiger partial charge is 0.489 e. The quantitative estimate of drug-likeness (QED) is 0.240. The van der Waals surface area contributed by atoms with Crippen molar-refractivity contribution in [2.45, 2.75) is 13.5 Å². The first-order valence-electron chi connectivity index (χ1n) is 11.7. The molecule has 178 valence electrons. The Kier molecular flexibility index (Phi) is 6.63. The first-order valence-corrected chi connectivity index (χ1v) is 11.7. The summed E-state index contributed by atoms with van der Waals surface area (Å²) in [7, 11) is 0. The van der Waals surface area contributed by atoms with Crippen LogP contribution in [0, 0.1) is 0 Å². The maximum Gasteiger partial charge on any atom is 0.375 e. The Bertz CT molecular complexity index is 1550. The highest BCUT2D eigenvalue weighted by Gasteiger charge is 2.23. The summed E-state index contributed by atoms with van der Waals surface area (Å²) < 4.78 is 17.1. The highest BCUT2D eigenvalue weighted by Crippen LogP contribution is 2.29. The SMILES string of the molecule is CCOC(=O)c1oc2cc(OCc3ccccc3)ccc2c(=O)c1-c1ccc(-c2ccccc2)cc1. The molecule has 5 nitrogen and oxygen atoms in total. The van der Waals surface area contributed by atoms with E-state index in [0.717, 1.165) is 16.7 Å². The van der Waals surface area contributed by atoms with Crippen molar-refractivity contribution < 1.29 is 18.7 Å². The van der Waals surface area contributed by atoms with Crippen molar-refractivity contribution in [2.24, 2.45) is 0 Å². The molecule has 0 saturated carbocycles. The number of fused-ring (bicyclic) bond motifs is 1. The monoisotopic (exact) mass is 476 g/mol. The van der Waals surface area contributed by atoms with Crippen LogP contribution >= 0.6 is 0 Å². The molecule has 1 aromatic heterocycles. The zero-order valence-corrected chi connectivity index (χ0v) is 19.8. The van der Waals surface area contributed by atoms with Gasteiger partial charge in [0.25, 0.3) is 0 Å². The van der Waals surface area contributed by atoms with Gasteiger partial charge in [0.15, 0.2) is 0 Å². The highest BCUT2D eigenvalue weighted by molar-refractivity contribution is 5.98. The smallest absolute Gasteiger partial charge is 0.375 e. The van der Waals surface area contributed by atoms with Crippen molar-refractivity contribution >= 4 is 16.9 Å². The highest BCUT2D eigenvalue weighted by atomic mass is 16.5. The molecule has 0 aliphatic carbocycles. The van der Waals surface area contributed by atoms with Crippen LogP contribution in [0.15, 0.2) is 112 Å². The second-order valence-electron chi connectivity index (χ2n) is 8.23. The molecule has 4 aromatic carbocycles. The van der Waals surface area contributed by atoms with E-state index in [4.69, 9.17) is 13.9 Å². The summed E-state index contributed by atoms with van der Waals surface area (Å²) in [5, 5.41) is 0.359. The minimum atomic E-state index is -0.686. The standard InChI is InChI=1S/C31H24O5/c1-2-34-31(33)30-28(24-15-13-23(14-16-24)22-11-7-4-8-12-22)29(32)26-18-17-25(19-27(26)36-30)35-20-21-9-5-3-6-10-21/h3-19H,2,20H2,1H3. The first kappa shape index (κ1) is 23.1. The van der Waals surface area contributed by atoms with Gasteiger partial charge in [0.2, 0.25) is 11.2 Å². The third kappa shape index (κ3) is 4.77. The van der Waals surface area contributed by atoms with Gasteiger partial charge in [-0.05, 0) is 41.3 Å². The second-order valence-corrected chi connectivity index (χ2v) is 8.23. The van der Waals surface area contributed by atoms with Gasteiger partial charge in [-0.1, -0.05) is 84.9 Å². The lowest BCUT2D eigenvalue weighted by atomic mass is 9.98.